The van der Waals surface area contributed by atoms with Crippen LogP contribution in [0.25, 0.3) is 11.1 Å². The number of nitrogens with zero attached hydrogens (tertiary/aromatic N) is 2. The SMILES string of the molecule is CN1C(=O)CCc2ccc(NC(=O)c3ccc(-c4ccccc4)c(CN4CCCCC4)c3)cc21.Cl. The number of anilines is 2. The first-order valence-electron chi connectivity index (χ1n) is 12.2. The van der Waals surface area contributed by atoms with Gasteiger partial charge < -0.3 is 10.2 Å². The molecule has 0 spiro atoms. The zero-order valence-corrected chi connectivity index (χ0v) is 20.9. The molecule has 6 heteroatoms. The summed E-state index contributed by atoms with van der Waals surface area (Å²) in [6, 6.07) is 22.2. The number of benzene rings is 3. The van der Waals surface area contributed by atoms with Crippen LogP contribution in [0.2, 0.25) is 0 Å². The average molecular weight is 490 g/mol. The highest BCUT2D eigenvalue weighted by Gasteiger charge is 2.22. The van der Waals surface area contributed by atoms with E-state index < -0.39 is 0 Å². The highest BCUT2D eigenvalue weighted by atomic mass is 35.5. The molecule has 0 aromatic heterocycles. The fourth-order valence-electron chi connectivity index (χ4n) is 5.04. The van der Waals surface area contributed by atoms with Crippen LogP contribution >= 0.6 is 12.4 Å². The fourth-order valence-corrected chi connectivity index (χ4v) is 5.04. The Hall–Kier alpha value is -3.15. The molecule has 182 valence electrons. The van der Waals surface area contributed by atoms with E-state index in [2.05, 4.69) is 40.5 Å². The predicted molar refractivity (Wildman–Crippen MR) is 144 cm³/mol. The molecule has 3 aromatic carbocycles. The van der Waals surface area contributed by atoms with E-state index in [-0.39, 0.29) is 24.2 Å². The van der Waals surface area contributed by atoms with Crippen molar-refractivity contribution >= 4 is 35.6 Å². The summed E-state index contributed by atoms with van der Waals surface area (Å²) in [5.41, 5.74) is 6.89. The molecule has 0 radical (unpaired) electrons. The minimum atomic E-state index is -0.135. The maximum Gasteiger partial charge on any atom is 0.255 e. The van der Waals surface area contributed by atoms with Crippen LogP contribution in [0.3, 0.4) is 0 Å². The van der Waals surface area contributed by atoms with Crippen LogP contribution in [-0.4, -0.2) is 36.9 Å². The molecule has 1 N–H and O–H groups in total. The first-order chi connectivity index (χ1) is 16.6. The third-order valence-corrected chi connectivity index (χ3v) is 6.98. The van der Waals surface area contributed by atoms with Crippen molar-refractivity contribution in [2.24, 2.45) is 0 Å². The second-order valence-electron chi connectivity index (χ2n) is 9.33. The van der Waals surface area contributed by atoms with Gasteiger partial charge in [0.25, 0.3) is 5.91 Å². The molecule has 1 fully saturated rings. The molecule has 35 heavy (non-hydrogen) atoms. The van der Waals surface area contributed by atoms with Crippen LogP contribution in [0.4, 0.5) is 11.4 Å². The van der Waals surface area contributed by atoms with Crippen molar-refractivity contribution in [1.82, 2.24) is 4.90 Å². The lowest BCUT2D eigenvalue weighted by Crippen LogP contribution is -2.31. The lowest BCUT2D eigenvalue weighted by atomic mass is 9.96. The molecule has 0 bridgehead atoms. The lowest BCUT2D eigenvalue weighted by Gasteiger charge is -2.27. The minimum Gasteiger partial charge on any atom is -0.322 e. The Morgan fingerprint density at radius 2 is 1.69 bits per heavy atom. The summed E-state index contributed by atoms with van der Waals surface area (Å²) in [5.74, 6) is -0.0286. The zero-order chi connectivity index (χ0) is 23.5. The van der Waals surface area contributed by atoms with Gasteiger partial charge in [-0.05, 0) is 78.9 Å². The summed E-state index contributed by atoms with van der Waals surface area (Å²) in [7, 11) is 1.79. The molecule has 2 aliphatic rings. The van der Waals surface area contributed by atoms with Gasteiger partial charge in [-0.15, -0.1) is 12.4 Å². The number of carbonyl (C=O) groups is 2. The van der Waals surface area contributed by atoms with E-state index in [1.54, 1.807) is 11.9 Å². The van der Waals surface area contributed by atoms with Crippen molar-refractivity contribution in [2.75, 3.05) is 30.4 Å². The van der Waals surface area contributed by atoms with E-state index >= 15 is 0 Å². The number of carbonyl (C=O) groups excluding carboxylic acids is 2. The molecule has 1 saturated heterocycles. The molecule has 5 rings (SSSR count). The van der Waals surface area contributed by atoms with Gasteiger partial charge in [-0.3, -0.25) is 14.5 Å². The van der Waals surface area contributed by atoms with Gasteiger partial charge in [0.15, 0.2) is 0 Å². The second kappa shape index (κ2) is 11.1. The van der Waals surface area contributed by atoms with E-state index in [0.29, 0.717) is 17.7 Å². The van der Waals surface area contributed by atoms with Crippen LogP contribution < -0.4 is 10.2 Å². The van der Waals surface area contributed by atoms with Crippen LogP contribution in [0, 0.1) is 0 Å². The molecule has 2 aliphatic heterocycles. The number of rotatable bonds is 5. The monoisotopic (exact) mass is 489 g/mol. The summed E-state index contributed by atoms with van der Waals surface area (Å²) in [5, 5.41) is 3.04. The molecule has 0 aliphatic carbocycles. The van der Waals surface area contributed by atoms with Gasteiger partial charge in [0, 0.05) is 37.0 Å². The van der Waals surface area contributed by atoms with Crippen LogP contribution in [0.1, 0.15) is 47.2 Å². The lowest BCUT2D eigenvalue weighted by molar-refractivity contribution is -0.118. The quantitative estimate of drug-likeness (QED) is 0.483. The number of aryl methyl sites for hydroxylation is 1. The Bertz CT molecular complexity index is 1210. The first-order valence-corrected chi connectivity index (χ1v) is 12.2. The van der Waals surface area contributed by atoms with E-state index in [1.807, 2.05) is 36.4 Å². The van der Waals surface area contributed by atoms with Gasteiger partial charge >= 0.3 is 0 Å². The Kier molecular flexibility index (Phi) is 7.89. The van der Waals surface area contributed by atoms with E-state index in [1.165, 1.54) is 36.0 Å². The van der Waals surface area contributed by atoms with Gasteiger partial charge in [-0.2, -0.15) is 0 Å². The van der Waals surface area contributed by atoms with Gasteiger partial charge in [0.2, 0.25) is 5.91 Å². The number of nitrogens with one attached hydrogen (secondary N) is 1. The number of halogens is 1. The van der Waals surface area contributed by atoms with Crippen LogP contribution in [0.5, 0.6) is 0 Å². The summed E-state index contributed by atoms with van der Waals surface area (Å²) in [6.07, 6.45) is 5.04. The van der Waals surface area contributed by atoms with Gasteiger partial charge in [-0.25, -0.2) is 0 Å². The standard InChI is InChI=1S/C29H31N3O2.ClH/c1-31-27-19-25(13-10-22(27)12-15-28(31)33)30-29(34)23-11-14-26(21-8-4-2-5-9-21)24(18-23)20-32-16-6-3-7-17-32;/h2,4-5,8-11,13-14,18-19H,3,6-7,12,15-17,20H2,1H3,(H,30,34);1H. The van der Waals surface area contributed by atoms with Crippen molar-refractivity contribution in [3.05, 3.63) is 83.4 Å². The molecule has 0 unspecified atom stereocenters. The van der Waals surface area contributed by atoms with E-state index in [4.69, 9.17) is 0 Å². The predicted octanol–water partition coefficient (Wildman–Crippen LogP) is 5.92. The molecule has 0 saturated carbocycles. The zero-order valence-electron chi connectivity index (χ0n) is 20.1. The number of hydrogen-bond acceptors (Lipinski definition) is 3. The molecule has 0 atom stereocenters. The largest absolute Gasteiger partial charge is 0.322 e. The van der Waals surface area contributed by atoms with Crippen molar-refractivity contribution in [2.45, 2.75) is 38.6 Å². The number of hydrogen-bond donors (Lipinski definition) is 1. The summed E-state index contributed by atoms with van der Waals surface area (Å²) in [6.45, 7) is 3.05. The van der Waals surface area contributed by atoms with Crippen LogP contribution in [-0.2, 0) is 17.8 Å². The molecular weight excluding hydrogens is 458 g/mol. The maximum absolute atomic E-state index is 13.2. The van der Waals surface area contributed by atoms with Crippen molar-refractivity contribution in [3.63, 3.8) is 0 Å². The van der Waals surface area contributed by atoms with Crippen molar-refractivity contribution in [1.29, 1.82) is 0 Å². The molecular formula is C29H32ClN3O2. The van der Waals surface area contributed by atoms with Crippen molar-refractivity contribution in [3.8, 4) is 11.1 Å². The summed E-state index contributed by atoms with van der Waals surface area (Å²) in [4.78, 5) is 29.5. The topological polar surface area (TPSA) is 52.7 Å². The summed E-state index contributed by atoms with van der Waals surface area (Å²) >= 11 is 0. The second-order valence-corrected chi connectivity index (χ2v) is 9.33. The van der Waals surface area contributed by atoms with E-state index in [9.17, 15) is 9.59 Å². The first kappa shape index (κ1) is 25.0. The summed E-state index contributed by atoms with van der Waals surface area (Å²) < 4.78 is 0. The fraction of sp³-hybridized carbons (Fsp3) is 0.310. The number of piperidine rings is 1. The van der Waals surface area contributed by atoms with Crippen LogP contribution in [0.15, 0.2) is 66.7 Å². The highest BCUT2D eigenvalue weighted by Crippen LogP contribution is 2.31. The average Bonchev–Trinajstić information content (AvgIpc) is 2.87. The maximum atomic E-state index is 13.2. The Morgan fingerprint density at radius 1 is 0.914 bits per heavy atom. The Morgan fingerprint density at radius 3 is 2.46 bits per heavy atom. The number of amides is 2. The molecule has 5 nitrogen and oxygen atoms in total. The molecule has 2 amide bonds. The third-order valence-electron chi connectivity index (χ3n) is 6.98. The third kappa shape index (κ3) is 5.58. The Balaban J connectivity index is 0.00000289. The number of likely N-dealkylation sites (tertiary alicyclic amines) is 1. The normalized spacial score (nSPS) is 15.8. The Labute approximate surface area is 213 Å². The van der Waals surface area contributed by atoms with Gasteiger partial charge in [0.05, 0.1) is 0 Å². The highest BCUT2D eigenvalue weighted by molar-refractivity contribution is 6.05. The number of fused-ring (bicyclic) bond motifs is 1. The van der Waals surface area contributed by atoms with E-state index in [0.717, 1.165) is 37.3 Å². The van der Waals surface area contributed by atoms with Gasteiger partial charge in [-0.1, -0.05) is 48.9 Å². The molecule has 2 heterocycles. The minimum absolute atomic E-state index is 0. The van der Waals surface area contributed by atoms with Gasteiger partial charge in [0.1, 0.15) is 0 Å². The molecule has 3 aromatic rings. The van der Waals surface area contributed by atoms with Crippen molar-refractivity contribution < 1.29 is 9.59 Å². The smallest absolute Gasteiger partial charge is 0.255 e.